The summed E-state index contributed by atoms with van der Waals surface area (Å²) in [5.74, 6) is -0.393. The van der Waals surface area contributed by atoms with E-state index in [0.29, 0.717) is 145 Å². The van der Waals surface area contributed by atoms with Crippen molar-refractivity contribution >= 4 is 11.9 Å². The first kappa shape index (κ1) is 49.5. The number of ether oxygens (including phenoxy) is 12. The molecular formula is C37H72O14. The molecule has 0 aliphatic rings. The second kappa shape index (κ2) is 44.7. The van der Waals surface area contributed by atoms with Crippen molar-refractivity contribution in [3.05, 3.63) is 0 Å². The van der Waals surface area contributed by atoms with E-state index in [1.54, 1.807) is 6.92 Å². The average Bonchev–Trinajstić information content (AvgIpc) is 3.13. The first-order valence-electron chi connectivity index (χ1n) is 19.3. The molecule has 0 aromatic carbocycles. The van der Waals surface area contributed by atoms with Crippen molar-refractivity contribution in [3.8, 4) is 0 Å². The van der Waals surface area contributed by atoms with Crippen LogP contribution in [-0.2, 0) is 66.4 Å². The van der Waals surface area contributed by atoms with Crippen molar-refractivity contribution < 1.29 is 66.4 Å². The van der Waals surface area contributed by atoms with Crippen LogP contribution in [0.1, 0.15) is 84.5 Å². The Balaban J connectivity index is 3.12. The molecule has 0 N–H and O–H groups in total. The maximum Gasteiger partial charge on any atom is 0.308 e. The van der Waals surface area contributed by atoms with Gasteiger partial charge in [-0.3, -0.25) is 9.59 Å². The van der Waals surface area contributed by atoms with Gasteiger partial charge < -0.3 is 56.8 Å². The maximum absolute atomic E-state index is 11.8. The molecule has 0 atom stereocenters. The molecule has 14 heteroatoms. The highest BCUT2D eigenvalue weighted by Crippen LogP contribution is 2.10. The highest BCUT2D eigenvalue weighted by atomic mass is 16.6. The Morgan fingerprint density at radius 2 is 0.569 bits per heavy atom. The summed E-state index contributed by atoms with van der Waals surface area (Å²) in [6.07, 6.45) is 11.8. The second-order valence-corrected chi connectivity index (χ2v) is 11.5. The van der Waals surface area contributed by atoms with Crippen LogP contribution in [0.5, 0.6) is 0 Å². The van der Waals surface area contributed by atoms with Crippen LogP contribution < -0.4 is 0 Å². The Hall–Kier alpha value is -1.46. The molecule has 0 unspecified atom stereocenters. The lowest BCUT2D eigenvalue weighted by Crippen LogP contribution is -2.15. The normalized spacial score (nSPS) is 11.3. The number of esters is 2. The fraction of sp³-hybridized carbons (Fsp3) is 0.946. The summed E-state index contributed by atoms with van der Waals surface area (Å²) in [7, 11) is 0. The quantitative estimate of drug-likeness (QED) is 0.0635. The van der Waals surface area contributed by atoms with Gasteiger partial charge in [0.05, 0.1) is 145 Å². The largest absolute Gasteiger partial charge is 0.466 e. The molecule has 0 saturated carbocycles. The minimum Gasteiger partial charge on any atom is -0.466 e. The summed E-state index contributed by atoms with van der Waals surface area (Å²) < 4.78 is 64.5. The predicted octanol–water partition coefficient (Wildman–Crippen LogP) is 4.57. The molecule has 0 aromatic heterocycles. The molecule has 0 radical (unpaired) electrons. The van der Waals surface area contributed by atoms with Gasteiger partial charge in [-0.1, -0.05) is 58.3 Å². The van der Waals surface area contributed by atoms with Gasteiger partial charge in [0.2, 0.25) is 0 Å². The van der Waals surface area contributed by atoms with Crippen LogP contribution in [-0.4, -0.2) is 157 Å². The monoisotopic (exact) mass is 740 g/mol. The summed E-state index contributed by atoms with van der Waals surface area (Å²) in [4.78, 5) is 22.9. The lowest BCUT2D eigenvalue weighted by molar-refractivity contribution is -0.146. The van der Waals surface area contributed by atoms with E-state index < -0.39 is 0 Å². The summed E-state index contributed by atoms with van der Waals surface area (Å²) in [5, 5.41) is 0. The van der Waals surface area contributed by atoms with E-state index in [-0.39, 0.29) is 25.0 Å². The third-order valence-corrected chi connectivity index (χ3v) is 7.08. The molecule has 0 aliphatic carbocycles. The molecule has 0 aromatic rings. The van der Waals surface area contributed by atoms with Crippen LogP contribution in [0.2, 0.25) is 0 Å². The van der Waals surface area contributed by atoms with Gasteiger partial charge in [-0.2, -0.15) is 0 Å². The average molecular weight is 741 g/mol. The highest BCUT2D eigenvalue weighted by Gasteiger charge is 2.03. The van der Waals surface area contributed by atoms with Crippen molar-refractivity contribution in [3.63, 3.8) is 0 Å². The number of carbonyl (C=O) groups excluding carboxylic acids is 2. The molecule has 0 aliphatic heterocycles. The summed E-state index contributed by atoms with van der Waals surface area (Å²) in [6.45, 7) is 14.0. The zero-order valence-electron chi connectivity index (χ0n) is 32.0. The zero-order chi connectivity index (χ0) is 37.0. The Bertz CT molecular complexity index is 700. The standard InChI is InChI=1S/C37H72O14/c1-3-5-6-7-8-9-10-11-12-13-36(38)51-35-34-49-33-32-48-31-30-47-29-28-46-27-26-45-25-24-44-23-22-43-21-20-42-19-18-41-17-16-40-15-14-37(39)50-4-2/h3-35H2,1-2H3. The van der Waals surface area contributed by atoms with Gasteiger partial charge in [0.1, 0.15) is 6.61 Å². The fourth-order valence-electron chi connectivity index (χ4n) is 4.34. The zero-order valence-corrected chi connectivity index (χ0v) is 32.0. The maximum atomic E-state index is 11.8. The Morgan fingerprint density at radius 3 is 0.902 bits per heavy atom. The molecule has 0 saturated heterocycles. The van der Waals surface area contributed by atoms with E-state index in [2.05, 4.69) is 6.92 Å². The molecule has 0 fully saturated rings. The molecule has 14 nitrogen and oxygen atoms in total. The minimum absolute atomic E-state index is 0.140. The van der Waals surface area contributed by atoms with E-state index >= 15 is 0 Å². The van der Waals surface area contributed by atoms with Crippen molar-refractivity contribution in [1.82, 2.24) is 0 Å². The molecule has 51 heavy (non-hydrogen) atoms. The van der Waals surface area contributed by atoms with E-state index in [1.807, 2.05) is 0 Å². The lowest BCUT2D eigenvalue weighted by Gasteiger charge is -2.09. The van der Waals surface area contributed by atoms with Crippen LogP contribution in [0.15, 0.2) is 0 Å². The number of hydrogen-bond acceptors (Lipinski definition) is 14. The van der Waals surface area contributed by atoms with Crippen LogP contribution >= 0.6 is 0 Å². The van der Waals surface area contributed by atoms with Crippen LogP contribution in [0.3, 0.4) is 0 Å². The first-order valence-corrected chi connectivity index (χ1v) is 19.3. The molecule has 0 spiro atoms. The van der Waals surface area contributed by atoms with E-state index in [0.717, 1.165) is 12.8 Å². The molecule has 304 valence electrons. The number of hydrogen-bond donors (Lipinski definition) is 0. The summed E-state index contributed by atoms with van der Waals surface area (Å²) in [5.41, 5.74) is 0. The number of carbonyl (C=O) groups is 2. The van der Waals surface area contributed by atoms with Crippen molar-refractivity contribution in [1.29, 1.82) is 0 Å². The molecule has 0 heterocycles. The van der Waals surface area contributed by atoms with E-state index in [4.69, 9.17) is 56.8 Å². The van der Waals surface area contributed by atoms with Gasteiger partial charge in [-0.15, -0.1) is 0 Å². The number of rotatable bonds is 44. The molecular weight excluding hydrogens is 668 g/mol. The topological polar surface area (TPSA) is 145 Å². The summed E-state index contributed by atoms with van der Waals surface area (Å²) >= 11 is 0. The molecule has 0 rings (SSSR count). The van der Waals surface area contributed by atoms with Gasteiger partial charge >= 0.3 is 11.9 Å². The van der Waals surface area contributed by atoms with E-state index in [1.165, 1.54) is 44.9 Å². The van der Waals surface area contributed by atoms with Crippen molar-refractivity contribution in [2.45, 2.75) is 84.5 Å². The van der Waals surface area contributed by atoms with Gasteiger partial charge in [0.15, 0.2) is 0 Å². The van der Waals surface area contributed by atoms with Gasteiger partial charge in [0, 0.05) is 6.42 Å². The van der Waals surface area contributed by atoms with Gasteiger partial charge in [-0.25, -0.2) is 0 Å². The molecule has 0 bridgehead atoms. The van der Waals surface area contributed by atoms with Crippen LogP contribution in [0.25, 0.3) is 0 Å². The first-order chi connectivity index (χ1) is 25.2. The third-order valence-electron chi connectivity index (χ3n) is 7.08. The van der Waals surface area contributed by atoms with Gasteiger partial charge in [0.25, 0.3) is 0 Å². The Kier molecular flexibility index (Phi) is 43.4. The van der Waals surface area contributed by atoms with Gasteiger partial charge in [-0.05, 0) is 13.3 Å². The second-order valence-electron chi connectivity index (χ2n) is 11.5. The Labute approximate surface area is 308 Å². The fourth-order valence-corrected chi connectivity index (χ4v) is 4.34. The summed E-state index contributed by atoms with van der Waals surface area (Å²) in [6, 6.07) is 0. The smallest absolute Gasteiger partial charge is 0.308 e. The van der Waals surface area contributed by atoms with E-state index in [9.17, 15) is 9.59 Å². The predicted molar refractivity (Wildman–Crippen MR) is 192 cm³/mol. The van der Waals surface area contributed by atoms with Crippen LogP contribution in [0.4, 0.5) is 0 Å². The Morgan fingerprint density at radius 1 is 0.294 bits per heavy atom. The highest BCUT2D eigenvalue weighted by molar-refractivity contribution is 5.69. The SMILES string of the molecule is CCCCCCCCCCCC(=O)OCCOCCOCCOCCOCCOCCOCCOCCOCCOCCOCCC(=O)OCC. The third kappa shape index (κ3) is 44.6. The minimum atomic E-state index is -0.253. The van der Waals surface area contributed by atoms with Crippen molar-refractivity contribution in [2.24, 2.45) is 0 Å². The number of unbranched alkanes of at least 4 members (excludes halogenated alkanes) is 8. The van der Waals surface area contributed by atoms with Crippen molar-refractivity contribution in [2.75, 3.05) is 145 Å². The lowest BCUT2D eigenvalue weighted by atomic mass is 10.1. The molecule has 0 amide bonds. The van der Waals surface area contributed by atoms with Crippen LogP contribution in [0, 0.1) is 0 Å².